The van der Waals surface area contributed by atoms with Crippen molar-refractivity contribution in [1.29, 1.82) is 0 Å². The zero-order valence-corrected chi connectivity index (χ0v) is 19.7. The number of hydrogen-bond donors (Lipinski definition) is 2. The molecule has 34 heavy (non-hydrogen) atoms. The van der Waals surface area contributed by atoms with Crippen LogP contribution in [0.5, 0.6) is 0 Å². The third kappa shape index (κ3) is 4.79. The van der Waals surface area contributed by atoms with E-state index in [9.17, 15) is 9.59 Å². The zero-order chi connectivity index (χ0) is 23.5. The van der Waals surface area contributed by atoms with Gasteiger partial charge in [0.05, 0.1) is 23.7 Å². The molecule has 9 heteroatoms. The van der Waals surface area contributed by atoms with Gasteiger partial charge in [0.2, 0.25) is 0 Å². The first-order valence-electron chi connectivity index (χ1n) is 11.3. The normalized spacial score (nSPS) is 14.3. The van der Waals surface area contributed by atoms with E-state index in [4.69, 9.17) is 0 Å². The number of urea groups is 1. The lowest BCUT2D eigenvalue weighted by atomic mass is 10.0. The van der Waals surface area contributed by atoms with E-state index in [0.29, 0.717) is 38.0 Å². The summed E-state index contributed by atoms with van der Waals surface area (Å²) in [7, 11) is 0. The molecule has 0 saturated carbocycles. The Morgan fingerprint density at radius 3 is 2.65 bits per heavy atom. The summed E-state index contributed by atoms with van der Waals surface area (Å²) < 4.78 is 1.85. The van der Waals surface area contributed by atoms with Crippen LogP contribution in [0.1, 0.15) is 33.8 Å². The van der Waals surface area contributed by atoms with Crippen LogP contribution in [-0.2, 0) is 6.54 Å². The van der Waals surface area contributed by atoms with Crippen molar-refractivity contribution in [2.24, 2.45) is 0 Å². The molecule has 3 amide bonds. The molecule has 8 nitrogen and oxygen atoms in total. The predicted octanol–water partition coefficient (Wildman–Crippen LogP) is 4.28. The molecule has 0 aliphatic carbocycles. The summed E-state index contributed by atoms with van der Waals surface area (Å²) in [5.74, 6) is -0.0154. The van der Waals surface area contributed by atoms with Crippen molar-refractivity contribution in [3.05, 3.63) is 76.2 Å². The molecule has 1 saturated heterocycles. The number of para-hydroxylation sites is 1. The number of aromatic nitrogens is 3. The topological polar surface area (TPSA) is 92.2 Å². The summed E-state index contributed by atoms with van der Waals surface area (Å²) in [5, 5.41) is 13.2. The number of pyridine rings is 1. The van der Waals surface area contributed by atoms with Gasteiger partial charge < -0.3 is 15.5 Å². The van der Waals surface area contributed by atoms with Gasteiger partial charge in [-0.1, -0.05) is 24.3 Å². The second kappa shape index (κ2) is 9.64. The lowest BCUT2D eigenvalue weighted by Gasteiger charge is -2.32. The molecule has 1 aliphatic rings. The summed E-state index contributed by atoms with van der Waals surface area (Å²) in [6.45, 7) is 3.70. The van der Waals surface area contributed by atoms with Crippen molar-refractivity contribution in [2.45, 2.75) is 32.4 Å². The van der Waals surface area contributed by atoms with Gasteiger partial charge in [0.15, 0.2) is 5.65 Å². The Labute approximate surface area is 201 Å². The van der Waals surface area contributed by atoms with Crippen molar-refractivity contribution >= 4 is 40.0 Å². The summed E-state index contributed by atoms with van der Waals surface area (Å²) in [5.41, 5.74) is 2.90. The number of carbonyl (C=O) groups is 2. The molecule has 5 rings (SSSR count). The minimum Gasteiger partial charge on any atom is -0.338 e. The van der Waals surface area contributed by atoms with Gasteiger partial charge in [-0.2, -0.15) is 5.10 Å². The van der Waals surface area contributed by atoms with Crippen molar-refractivity contribution in [2.75, 3.05) is 18.4 Å². The number of benzene rings is 1. The highest BCUT2D eigenvalue weighted by Crippen LogP contribution is 2.23. The zero-order valence-electron chi connectivity index (χ0n) is 18.9. The fourth-order valence-corrected chi connectivity index (χ4v) is 4.97. The molecule has 1 aliphatic heterocycles. The lowest BCUT2D eigenvalue weighted by Crippen LogP contribution is -2.47. The first-order valence-corrected chi connectivity index (χ1v) is 12.2. The average Bonchev–Trinajstić information content (AvgIpc) is 3.50. The third-order valence-corrected chi connectivity index (χ3v) is 6.86. The second-order valence-corrected chi connectivity index (χ2v) is 9.49. The fraction of sp³-hybridized carbons (Fsp3) is 0.280. The van der Waals surface area contributed by atoms with Gasteiger partial charge in [-0.25, -0.2) is 14.5 Å². The van der Waals surface area contributed by atoms with Crippen LogP contribution < -0.4 is 10.6 Å². The van der Waals surface area contributed by atoms with Crippen LogP contribution in [0.15, 0.2) is 60.1 Å². The van der Waals surface area contributed by atoms with Crippen LogP contribution in [-0.4, -0.2) is 50.7 Å². The number of carbonyl (C=O) groups excluding carboxylic acids is 2. The maximum absolute atomic E-state index is 13.4. The Hall–Kier alpha value is -3.72. The van der Waals surface area contributed by atoms with E-state index in [1.165, 1.54) is 4.88 Å². The lowest BCUT2D eigenvalue weighted by molar-refractivity contribution is 0.0710. The molecular weight excluding hydrogens is 448 g/mol. The highest BCUT2D eigenvalue weighted by atomic mass is 32.1. The van der Waals surface area contributed by atoms with Crippen molar-refractivity contribution in [3.8, 4) is 0 Å². The maximum Gasteiger partial charge on any atom is 0.319 e. The van der Waals surface area contributed by atoms with Gasteiger partial charge in [0.1, 0.15) is 0 Å². The van der Waals surface area contributed by atoms with Crippen molar-refractivity contribution < 1.29 is 9.59 Å². The van der Waals surface area contributed by atoms with Crippen LogP contribution in [0, 0.1) is 6.92 Å². The Kier molecular flexibility index (Phi) is 6.27. The van der Waals surface area contributed by atoms with Gasteiger partial charge in [-0.3, -0.25) is 4.79 Å². The molecular formula is C25H26N6O2S. The van der Waals surface area contributed by atoms with Crippen LogP contribution in [0.2, 0.25) is 0 Å². The molecule has 0 radical (unpaired) electrons. The van der Waals surface area contributed by atoms with Gasteiger partial charge in [-0.05, 0) is 49.4 Å². The molecule has 3 aromatic heterocycles. The van der Waals surface area contributed by atoms with Crippen LogP contribution in [0.3, 0.4) is 0 Å². The SMILES string of the molecule is Cc1cc(C(=O)N2CCC(NC(=O)Nc3ccccc3)CC2)c2cnn(Cc3cccs3)c2n1. The number of rotatable bonds is 5. The number of thiophene rings is 1. The Morgan fingerprint density at radius 1 is 1.12 bits per heavy atom. The van der Waals surface area contributed by atoms with E-state index in [-0.39, 0.29) is 18.0 Å². The quantitative estimate of drug-likeness (QED) is 0.452. The molecule has 174 valence electrons. The summed E-state index contributed by atoms with van der Waals surface area (Å²) in [6, 6.07) is 15.1. The third-order valence-electron chi connectivity index (χ3n) is 6.00. The summed E-state index contributed by atoms with van der Waals surface area (Å²) >= 11 is 1.67. The highest BCUT2D eigenvalue weighted by Gasteiger charge is 2.26. The summed E-state index contributed by atoms with van der Waals surface area (Å²) in [6.07, 6.45) is 3.16. The maximum atomic E-state index is 13.4. The number of amides is 3. The van der Waals surface area contributed by atoms with Crippen molar-refractivity contribution in [1.82, 2.24) is 25.0 Å². The monoisotopic (exact) mass is 474 g/mol. The van der Waals surface area contributed by atoms with E-state index < -0.39 is 0 Å². The number of piperidine rings is 1. The van der Waals surface area contributed by atoms with Crippen LogP contribution in [0.4, 0.5) is 10.5 Å². The van der Waals surface area contributed by atoms with E-state index in [1.54, 1.807) is 17.5 Å². The van der Waals surface area contributed by atoms with Gasteiger partial charge >= 0.3 is 6.03 Å². The first kappa shape index (κ1) is 22.1. The first-order chi connectivity index (χ1) is 16.6. The predicted molar refractivity (Wildman–Crippen MR) is 133 cm³/mol. The van der Waals surface area contributed by atoms with Gasteiger partial charge in [0.25, 0.3) is 5.91 Å². The molecule has 0 bridgehead atoms. The molecule has 4 heterocycles. The number of fused-ring (bicyclic) bond motifs is 1. The number of anilines is 1. The molecule has 0 spiro atoms. The number of nitrogens with one attached hydrogen (secondary N) is 2. The molecule has 2 N–H and O–H groups in total. The van der Waals surface area contributed by atoms with E-state index >= 15 is 0 Å². The number of hydrogen-bond acceptors (Lipinski definition) is 5. The van der Waals surface area contributed by atoms with Crippen LogP contribution in [0.25, 0.3) is 11.0 Å². The number of nitrogens with zero attached hydrogens (tertiary/aromatic N) is 4. The van der Waals surface area contributed by atoms with Gasteiger partial charge in [0, 0.05) is 35.4 Å². The van der Waals surface area contributed by atoms with E-state index in [2.05, 4.69) is 26.8 Å². The van der Waals surface area contributed by atoms with Gasteiger partial charge in [-0.15, -0.1) is 11.3 Å². The standard InChI is InChI=1S/C25H26N6O2S/c1-17-14-21(22-15-26-31(23(22)27-17)16-20-8-5-13-34-20)24(32)30-11-9-19(10-12-30)29-25(33)28-18-6-3-2-4-7-18/h2-8,13-15,19H,9-12,16H2,1H3,(H2,28,29,33). The smallest absolute Gasteiger partial charge is 0.319 e. The Morgan fingerprint density at radius 2 is 1.91 bits per heavy atom. The second-order valence-electron chi connectivity index (χ2n) is 8.46. The van der Waals surface area contributed by atoms with Crippen LogP contribution >= 0.6 is 11.3 Å². The van der Waals surface area contributed by atoms with E-state index in [1.807, 2.05) is 64.4 Å². The van der Waals surface area contributed by atoms with E-state index in [0.717, 1.165) is 22.4 Å². The number of likely N-dealkylation sites (tertiary alicyclic amines) is 1. The Bertz CT molecular complexity index is 1290. The average molecular weight is 475 g/mol. The summed E-state index contributed by atoms with van der Waals surface area (Å²) in [4.78, 5) is 33.4. The highest BCUT2D eigenvalue weighted by molar-refractivity contribution is 7.09. The largest absolute Gasteiger partial charge is 0.338 e. The number of aryl methyl sites for hydroxylation is 1. The minimum absolute atomic E-state index is 0.0154. The Balaban J connectivity index is 1.24. The molecule has 1 fully saturated rings. The molecule has 0 atom stereocenters. The molecule has 0 unspecified atom stereocenters. The fourth-order valence-electron chi connectivity index (χ4n) is 4.29. The van der Waals surface area contributed by atoms with Crippen molar-refractivity contribution in [3.63, 3.8) is 0 Å². The molecule has 1 aromatic carbocycles. The molecule has 4 aromatic rings. The minimum atomic E-state index is -0.222.